The maximum atomic E-state index is 11.8. The Hall–Kier alpha value is -1.31. The first kappa shape index (κ1) is 22.0. The first-order valence-corrected chi connectivity index (χ1v) is 9.58. The Bertz CT molecular complexity index is 714. The lowest BCUT2D eigenvalue weighted by molar-refractivity contribution is -0.128. The molecule has 0 saturated carbocycles. The van der Waals surface area contributed by atoms with Crippen LogP contribution in [0.2, 0.25) is 0 Å². The van der Waals surface area contributed by atoms with Crippen LogP contribution in [0.3, 0.4) is 0 Å². The second-order valence-corrected chi connectivity index (χ2v) is 8.67. The minimum atomic E-state index is 0. The molecule has 0 aromatic heterocycles. The zero-order valence-corrected chi connectivity index (χ0v) is 19.5. The van der Waals surface area contributed by atoms with Gasteiger partial charge in [0, 0.05) is 50.6 Å². The number of halogens is 1. The molecule has 0 bridgehead atoms. The molecule has 2 saturated heterocycles. The highest BCUT2D eigenvalue weighted by Gasteiger charge is 2.53. The molecule has 2 aliphatic heterocycles. The van der Waals surface area contributed by atoms with Crippen molar-refractivity contribution in [2.24, 2.45) is 10.4 Å². The third-order valence-electron chi connectivity index (χ3n) is 6.34. The van der Waals surface area contributed by atoms with E-state index in [1.807, 2.05) is 11.9 Å². The lowest BCUT2D eigenvalue weighted by atomic mass is 9.65. The van der Waals surface area contributed by atoms with Gasteiger partial charge in [-0.15, -0.1) is 24.0 Å². The van der Waals surface area contributed by atoms with Crippen molar-refractivity contribution in [3.05, 3.63) is 35.4 Å². The van der Waals surface area contributed by atoms with Crippen LogP contribution in [0.15, 0.2) is 29.3 Å². The number of nitrogens with one attached hydrogen (secondary N) is 1. The van der Waals surface area contributed by atoms with E-state index in [9.17, 15) is 4.79 Å². The first-order valence-electron chi connectivity index (χ1n) is 9.58. The number of likely N-dealkylation sites (tertiary alicyclic amines) is 2. The number of carbonyl (C=O) groups excluding carboxylic acids is 1. The summed E-state index contributed by atoms with van der Waals surface area (Å²) in [5.41, 5.74) is 2.78. The molecule has 0 aliphatic carbocycles. The van der Waals surface area contributed by atoms with Crippen LogP contribution in [0.4, 0.5) is 0 Å². The second kappa shape index (κ2) is 8.37. The molecule has 0 radical (unpaired) electrons. The monoisotopic (exact) mass is 484 g/mol. The van der Waals surface area contributed by atoms with E-state index in [-0.39, 0.29) is 40.8 Å². The first-order chi connectivity index (χ1) is 12.2. The van der Waals surface area contributed by atoms with Gasteiger partial charge in [-0.25, -0.2) is 0 Å². The number of benzene rings is 1. The Morgan fingerprint density at radius 1 is 1.22 bits per heavy atom. The second-order valence-electron chi connectivity index (χ2n) is 8.67. The number of carbonyl (C=O) groups is 1. The highest BCUT2D eigenvalue weighted by Crippen LogP contribution is 2.46. The van der Waals surface area contributed by atoms with Crippen molar-refractivity contribution in [1.29, 1.82) is 0 Å². The Kier molecular flexibility index (Phi) is 6.81. The summed E-state index contributed by atoms with van der Waals surface area (Å²) >= 11 is 0. The minimum absolute atomic E-state index is 0. The molecule has 2 aliphatic rings. The van der Waals surface area contributed by atoms with Crippen LogP contribution >= 0.6 is 24.0 Å². The maximum Gasteiger partial charge on any atom is 0.222 e. The van der Waals surface area contributed by atoms with Crippen molar-refractivity contribution in [3.63, 3.8) is 0 Å². The van der Waals surface area contributed by atoms with Gasteiger partial charge < -0.3 is 15.1 Å². The van der Waals surface area contributed by atoms with Crippen LogP contribution in [0.5, 0.6) is 0 Å². The van der Waals surface area contributed by atoms with E-state index in [1.165, 1.54) is 11.1 Å². The van der Waals surface area contributed by atoms with Crippen LogP contribution in [0.1, 0.15) is 51.7 Å². The molecule has 150 valence electrons. The van der Waals surface area contributed by atoms with Gasteiger partial charge in [0.25, 0.3) is 0 Å². The number of rotatable bonds is 4. The lowest BCUT2D eigenvalue weighted by Gasteiger charge is -2.62. The predicted molar refractivity (Wildman–Crippen MR) is 121 cm³/mol. The SMILES string of the molecule is CN=C(NCc1cccc(CN2CCCC2=O)c1)N1CC(C)(C)C1(C)C.I. The van der Waals surface area contributed by atoms with Crippen LogP contribution in [0.25, 0.3) is 0 Å². The van der Waals surface area contributed by atoms with Gasteiger partial charge >= 0.3 is 0 Å². The predicted octanol–water partition coefficient (Wildman–Crippen LogP) is 3.62. The topological polar surface area (TPSA) is 47.9 Å². The fourth-order valence-corrected chi connectivity index (χ4v) is 3.81. The molecule has 2 fully saturated rings. The van der Waals surface area contributed by atoms with E-state index in [2.05, 4.69) is 67.2 Å². The molecule has 0 atom stereocenters. The van der Waals surface area contributed by atoms with Gasteiger partial charge in [-0.3, -0.25) is 9.79 Å². The van der Waals surface area contributed by atoms with Gasteiger partial charge in [0.2, 0.25) is 5.91 Å². The smallest absolute Gasteiger partial charge is 0.222 e. The molecule has 1 N–H and O–H groups in total. The van der Waals surface area contributed by atoms with Crippen molar-refractivity contribution >= 4 is 35.8 Å². The largest absolute Gasteiger partial charge is 0.352 e. The van der Waals surface area contributed by atoms with E-state index in [1.54, 1.807) is 0 Å². The van der Waals surface area contributed by atoms with Gasteiger partial charge in [-0.1, -0.05) is 38.1 Å². The fraction of sp³-hybridized carbons (Fsp3) is 0.619. The zero-order valence-electron chi connectivity index (χ0n) is 17.2. The van der Waals surface area contributed by atoms with Crippen molar-refractivity contribution in [2.75, 3.05) is 20.1 Å². The highest BCUT2D eigenvalue weighted by atomic mass is 127. The van der Waals surface area contributed by atoms with Gasteiger partial charge in [-0.05, 0) is 31.4 Å². The summed E-state index contributed by atoms with van der Waals surface area (Å²) in [4.78, 5) is 20.6. The summed E-state index contributed by atoms with van der Waals surface area (Å²) in [5.74, 6) is 1.23. The number of hydrogen-bond donors (Lipinski definition) is 1. The van der Waals surface area contributed by atoms with Crippen LogP contribution in [-0.2, 0) is 17.9 Å². The summed E-state index contributed by atoms with van der Waals surface area (Å²) < 4.78 is 0. The molecular weight excluding hydrogens is 451 g/mol. The lowest BCUT2D eigenvalue weighted by Crippen LogP contribution is -2.72. The fourth-order valence-electron chi connectivity index (χ4n) is 3.81. The molecule has 6 heteroatoms. The molecular formula is C21H33IN4O. The minimum Gasteiger partial charge on any atom is -0.352 e. The Morgan fingerprint density at radius 2 is 1.93 bits per heavy atom. The van der Waals surface area contributed by atoms with Crippen LogP contribution < -0.4 is 5.32 Å². The molecule has 0 spiro atoms. The van der Waals surface area contributed by atoms with Gasteiger partial charge in [0.05, 0.1) is 0 Å². The standard InChI is InChI=1S/C21H32N4O.HI/c1-20(2)15-25(21(20,3)4)19(22-5)23-13-16-8-6-9-17(12-16)14-24-11-7-10-18(24)26;/h6,8-9,12H,7,10-11,13-15H2,1-5H3,(H,22,23);1H. The van der Waals surface area contributed by atoms with Crippen LogP contribution in [0, 0.1) is 5.41 Å². The van der Waals surface area contributed by atoms with Crippen molar-refractivity contribution in [2.45, 2.75) is 59.2 Å². The third-order valence-corrected chi connectivity index (χ3v) is 6.34. The Morgan fingerprint density at radius 3 is 2.48 bits per heavy atom. The number of aliphatic imine (C=N–C) groups is 1. The maximum absolute atomic E-state index is 11.8. The molecule has 1 aromatic carbocycles. The Labute approximate surface area is 180 Å². The summed E-state index contributed by atoms with van der Waals surface area (Å²) in [6.45, 7) is 12.5. The zero-order chi connectivity index (χ0) is 18.9. The number of nitrogens with zero attached hydrogens (tertiary/aromatic N) is 3. The summed E-state index contributed by atoms with van der Waals surface area (Å²) in [6.07, 6.45) is 1.68. The van der Waals surface area contributed by atoms with Gasteiger partial charge in [-0.2, -0.15) is 0 Å². The average molecular weight is 484 g/mol. The number of amides is 1. The molecule has 2 heterocycles. The average Bonchev–Trinajstić information content (AvgIpc) is 2.99. The molecule has 1 aromatic rings. The van der Waals surface area contributed by atoms with E-state index < -0.39 is 0 Å². The Balaban J connectivity index is 0.00000261. The van der Waals surface area contributed by atoms with Gasteiger partial charge in [0.15, 0.2) is 5.96 Å². The molecule has 5 nitrogen and oxygen atoms in total. The number of hydrogen-bond acceptors (Lipinski definition) is 2. The summed E-state index contributed by atoms with van der Waals surface area (Å²) in [7, 11) is 1.85. The van der Waals surface area contributed by atoms with E-state index in [4.69, 9.17) is 0 Å². The highest BCUT2D eigenvalue weighted by molar-refractivity contribution is 14.0. The molecule has 0 unspecified atom stereocenters. The molecule has 27 heavy (non-hydrogen) atoms. The van der Waals surface area contributed by atoms with Crippen molar-refractivity contribution < 1.29 is 4.79 Å². The normalized spacial score (nSPS) is 20.9. The van der Waals surface area contributed by atoms with E-state index in [0.29, 0.717) is 6.42 Å². The number of guanidine groups is 1. The van der Waals surface area contributed by atoms with Crippen molar-refractivity contribution in [1.82, 2.24) is 15.1 Å². The molecule has 3 rings (SSSR count). The summed E-state index contributed by atoms with van der Waals surface area (Å²) in [5, 5.41) is 3.51. The van der Waals surface area contributed by atoms with E-state index >= 15 is 0 Å². The molecule has 1 amide bonds. The quantitative estimate of drug-likeness (QED) is 0.404. The van der Waals surface area contributed by atoms with Crippen LogP contribution in [-0.4, -0.2) is 47.3 Å². The van der Waals surface area contributed by atoms with Crippen molar-refractivity contribution in [3.8, 4) is 0 Å². The summed E-state index contributed by atoms with van der Waals surface area (Å²) in [6, 6.07) is 8.50. The third kappa shape index (κ3) is 4.41. The van der Waals surface area contributed by atoms with E-state index in [0.717, 1.165) is 38.6 Å². The van der Waals surface area contributed by atoms with Gasteiger partial charge in [0.1, 0.15) is 0 Å².